The first kappa shape index (κ1) is 14.1. The van der Waals surface area contributed by atoms with Crippen LogP contribution in [0.1, 0.15) is 47.7 Å². The molecule has 0 heterocycles. The van der Waals surface area contributed by atoms with Crippen molar-refractivity contribution in [2.75, 3.05) is 13.1 Å². The minimum Gasteiger partial charge on any atom is -0.478 e. The van der Waals surface area contributed by atoms with E-state index >= 15 is 0 Å². The van der Waals surface area contributed by atoms with Gasteiger partial charge in [-0.25, -0.2) is 4.79 Å². The Morgan fingerprint density at radius 1 is 1.17 bits per heavy atom. The zero-order valence-electron chi connectivity index (χ0n) is 22.1. The number of hydrogen-bond acceptors (Lipinski definition) is 3. The molecule has 0 aliphatic rings. The van der Waals surface area contributed by atoms with E-state index in [1.807, 2.05) is 12.1 Å². The lowest BCUT2D eigenvalue weighted by Gasteiger charge is -2.13. The Bertz CT molecular complexity index is 1220. The highest BCUT2D eigenvalue weighted by atomic mass is 16.4. The lowest BCUT2D eigenvalue weighted by atomic mass is 9.99. The zero-order valence-corrected chi connectivity index (χ0v) is 16.1. The number of carboxylic acids is 1. The SMILES string of the molecule is [2H]c1c([2H])c(C)c([2H])c([C@@H](O)CNCC([2H])([2H])Cc2cccc(-c3cccc(C(=O)O)c3)c2)c1[2H]. The van der Waals surface area contributed by atoms with Crippen molar-refractivity contribution in [3.63, 3.8) is 0 Å². The first-order chi connectivity index (χ1) is 16.4. The quantitative estimate of drug-likeness (QED) is 0.495. The minimum atomic E-state index is -1.68. The summed E-state index contributed by atoms with van der Waals surface area (Å²) >= 11 is 0. The molecule has 0 saturated heterocycles. The van der Waals surface area contributed by atoms with Gasteiger partial charge in [0.15, 0.2) is 0 Å². The maximum absolute atomic E-state index is 11.3. The molecule has 4 nitrogen and oxygen atoms in total. The molecule has 0 bridgehead atoms. The molecule has 29 heavy (non-hydrogen) atoms. The third-order valence-electron chi connectivity index (χ3n) is 4.39. The van der Waals surface area contributed by atoms with Crippen LogP contribution in [0.15, 0.2) is 72.7 Å². The Hall–Kier alpha value is -2.95. The van der Waals surface area contributed by atoms with Crippen molar-refractivity contribution in [1.29, 1.82) is 0 Å². The number of aliphatic hydroxyl groups is 1. The van der Waals surface area contributed by atoms with Gasteiger partial charge in [0.2, 0.25) is 0 Å². The Morgan fingerprint density at radius 3 is 2.72 bits per heavy atom. The van der Waals surface area contributed by atoms with Gasteiger partial charge in [-0.15, -0.1) is 0 Å². The summed E-state index contributed by atoms with van der Waals surface area (Å²) in [7, 11) is 0. The highest BCUT2D eigenvalue weighted by molar-refractivity contribution is 5.89. The predicted octanol–water partition coefficient (Wildman–Crippen LogP) is 4.62. The van der Waals surface area contributed by atoms with Crippen LogP contribution in [0.25, 0.3) is 11.1 Å². The molecule has 1 atom stereocenters. The van der Waals surface area contributed by atoms with Crippen LogP contribution >= 0.6 is 0 Å². The van der Waals surface area contributed by atoms with Gasteiger partial charge in [0.05, 0.1) is 17.2 Å². The number of hydrogen-bond donors (Lipinski definition) is 3. The van der Waals surface area contributed by atoms with E-state index in [1.165, 1.54) is 13.0 Å². The topological polar surface area (TPSA) is 69.6 Å². The average Bonchev–Trinajstić information content (AvgIpc) is 2.81. The molecule has 0 aliphatic carbocycles. The van der Waals surface area contributed by atoms with E-state index in [9.17, 15) is 15.0 Å². The number of benzene rings is 3. The molecular formula is C25H27NO3. The first-order valence-corrected chi connectivity index (χ1v) is 9.29. The normalized spacial score (nSPS) is 15.4. The second kappa shape index (κ2) is 10.0. The number of aromatic carboxylic acids is 1. The van der Waals surface area contributed by atoms with Crippen molar-refractivity contribution in [2.24, 2.45) is 0 Å². The van der Waals surface area contributed by atoms with Crippen LogP contribution in [0.2, 0.25) is 0 Å². The number of aryl methyl sites for hydroxylation is 1. The predicted molar refractivity (Wildman–Crippen MR) is 116 cm³/mol. The molecule has 150 valence electrons. The average molecular weight is 396 g/mol. The Morgan fingerprint density at radius 2 is 1.93 bits per heavy atom. The van der Waals surface area contributed by atoms with Crippen molar-refractivity contribution >= 4 is 5.97 Å². The van der Waals surface area contributed by atoms with E-state index in [2.05, 4.69) is 5.32 Å². The maximum Gasteiger partial charge on any atom is 0.335 e. The smallest absolute Gasteiger partial charge is 0.335 e. The zero-order chi connectivity index (χ0) is 25.9. The first-order valence-electron chi connectivity index (χ1n) is 12.3. The summed E-state index contributed by atoms with van der Waals surface area (Å²) < 4.78 is 48.5. The molecule has 3 N–H and O–H groups in total. The van der Waals surface area contributed by atoms with E-state index in [0.717, 1.165) is 11.1 Å². The van der Waals surface area contributed by atoms with Gasteiger partial charge in [0, 0.05) is 9.29 Å². The molecule has 3 rings (SSSR count). The molecule has 0 fully saturated rings. The Labute approximate surface area is 180 Å². The standard InChI is InChI=1S/C25H27NO3/c1-18-6-2-11-22(14-18)24(27)17-26-13-5-8-19-7-3-9-20(15-19)21-10-4-12-23(16-21)25(28)29/h2-4,6-7,9-12,14-16,24,26-27H,5,8,13,17H2,1H3,(H,28,29)/t24-/m0/s1/i2D,5D2,6D,11D,14D. The fourth-order valence-electron chi connectivity index (χ4n) is 2.92. The van der Waals surface area contributed by atoms with Crippen LogP contribution in [0.4, 0.5) is 0 Å². The van der Waals surface area contributed by atoms with Crippen molar-refractivity contribution in [1.82, 2.24) is 5.32 Å². The van der Waals surface area contributed by atoms with Crippen LogP contribution in [0.5, 0.6) is 0 Å². The van der Waals surface area contributed by atoms with Gasteiger partial charge >= 0.3 is 5.97 Å². The van der Waals surface area contributed by atoms with E-state index in [1.54, 1.807) is 30.3 Å². The summed E-state index contributed by atoms with van der Waals surface area (Å²) in [6.45, 7) is 1.28. The van der Waals surface area contributed by atoms with Crippen molar-refractivity contribution in [3.8, 4) is 11.1 Å². The number of nitrogens with one attached hydrogen (secondary N) is 1. The fraction of sp³-hybridized carbons (Fsp3) is 0.240. The molecule has 0 unspecified atom stereocenters. The Balaban J connectivity index is 1.67. The molecule has 0 aliphatic heterocycles. The summed E-state index contributed by atoms with van der Waals surface area (Å²) in [6, 6.07) is 12.7. The molecule has 3 aromatic carbocycles. The third kappa shape index (κ3) is 6.01. The van der Waals surface area contributed by atoms with Crippen LogP contribution in [0, 0.1) is 6.92 Å². The second-order valence-electron chi connectivity index (χ2n) is 6.70. The van der Waals surface area contributed by atoms with Gasteiger partial charge in [-0.3, -0.25) is 0 Å². The molecule has 0 amide bonds. The minimum absolute atomic E-state index is 0.0483. The molecule has 0 radical (unpaired) electrons. The van der Waals surface area contributed by atoms with Gasteiger partial charge in [0.1, 0.15) is 0 Å². The van der Waals surface area contributed by atoms with Crippen molar-refractivity contribution in [3.05, 3.63) is 95.0 Å². The van der Waals surface area contributed by atoms with Crippen LogP contribution < -0.4 is 5.32 Å². The van der Waals surface area contributed by atoms with Gasteiger partial charge in [0.25, 0.3) is 0 Å². The Kier molecular flexibility index (Phi) is 4.87. The summed E-state index contributed by atoms with van der Waals surface area (Å²) in [5.74, 6) is -1.02. The lowest BCUT2D eigenvalue weighted by Crippen LogP contribution is -2.22. The molecular weight excluding hydrogens is 362 g/mol. The van der Waals surface area contributed by atoms with Crippen molar-refractivity contribution < 1.29 is 23.2 Å². The fourth-order valence-corrected chi connectivity index (χ4v) is 2.92. The van der Waals surface area contributed by atoms with E-state index in [0.29, 0.717) is 5.56 Å². The number of rotatable bonds is 9. The highest BCUT2D eigenvalue weighted by Crippen LogP contribution is 2.22. The highest BCUT2D eigenvalue weighted by Gasteiger charge is 2.07. The van der Waals surface area contributed by atoms with E-state index in [4.69, 9.17) is 8.22 Å². The van der Waals surface area contributed by atoms with Crippen LogP contribution in [-0.4, -0.2) is 29.3 Å². The summed E-state index contributed by atoms with van der Waals surface area (Å²) in [5.41, 5.74) is 2.54. The molecule has 0 spiro atoms. The molecule has 3 aromatic rings. The largest absolute Gasteiger partial charge is 0.478 e. The van der Waals surface area contributed by atoms with Crippen LogP contribution in [-0.2, 0) is 6.42 Å². The number of carboxylic acid groups (broad SMARTS) is 1. The third-order valence-corrected chi connectivity index (χ3v) is 4.39. The second-order valence-corrected chi connectivity index (χ2v) is 6.70. The van der Waals surface area contributed by atoms with Gasteiger partial charge in [-0.1, -0.05) is 66.1 Å². The summed E-state index contributed by atoms with van der Waals surface area (Å²) in [5, 5.41) is 22.6. The molecule has 0 aromatic heterocycles. The number of carbonyl (C=O) groups is 1. The van der Waals surface area contributed by atoms with Gasteiger partial charge < -0.3 is 15.5 Å². The summed E-state index contributed by atoms with van der Waals surface area (Å²) in [6.07, 6.45) is -2.91. The lowest BCUT2D eigenvalue weighted by molar-refractivity contribution is 0.0697. The van der Waals surface area contributed by atoms with Crippen LogP contribution in [0.3, 0.4) is 0 Å². The maximum atomic E-state index is 11.3. The summed E-state index contributed by atoms with van der Waals surface area (Å²) in [4.78, 5) is 11.3. The van der Waals surface area contributed by atoms with E-state index < -0.39 is 18.4 Å². The van der Waals surface area contributed by atoms with Gasteiger partial charge in [-0.05, 0) is 60.6 Å². The molecule has 4 heteroatoms. The van der Waals surface area contributed by atoms with Crippen molar-refractivity contribution in [2.45, 2.75) is 25.8 Å². The number of aliphatic hydroxyl groups excluding tert-OH is 1. The van der Waals surface area contributed by atoms with Gasteiger partial charge in [-0.2, -0.15) is 0 Å². The molecule has 0 saturated carbocycles. The monoisotopic (exact) mass is 395 g/mol. The van der Waals surface area contributed by atoms with E-state index in [-0.39, 0.29) is 60.4 Å².